The fourth-order valence-corrected chi connectivity index (χ4v) is 3.02. The van der Waals surface area contributed by atoms with Crippen molar-refractivity contribution in [2.75, 3.05) is 13.2 Å². The summed E-state index contributed by atoms with van der Waals surface area (Å²) in [6.07, 6.45) is 1.70. The molecule has 2 rings (SSSR count). The van der Waals surface area contributed by atoms with Gasteiger partial charge in [-0.05, 0) is 18.1 Å². The molecule has 23 heavy (non-hydrogen) atoms. The van der Waals surface area contributed by atoms with E-state index in [4.69, 9.17) is 14.1 Å². The molecule has 0 radical (unpaired) electrons. The smallest absolute Gasteiger partial charge is 0.123 e. The van der Waals surface area contributed by atoms with Crippen molar-refractivity contribution in [1.82, 2.24) is 10.3 Å². The lowest BCUT2D eigenvalue weighted by Gasteiger charge is -2.17. The Hall–Kier alpha value is -1.17. The minimum absolute atomic E-state index is 0.0449. The highest BCUT2D eigenvalue weighted by atomic mass is 32.1. The highest BCUT2D eigenvalue weighted by molar-refractivity contribution is 7.09. The number of ether oxygens (including phenoxy) is 1. The summed E-state index contributed by atoms with van der Waals surface area (Å²) in [6.45, 7) is 12.9. The molecule has 2 aromatic rings. The van der Waals surface area contributed by atoms with Crippen LogP contribution in [0.2, 0.25) is 0 Å². The van der Waals surface area contributed by atoms with Crippen molar-refractivity contribution in [3.63, 3.8) is 0 Å². The van der Waals surface area contributed by atoms with E-state index in [9.17, 15) is 0 Å². The summed E-state index contributed by atoms with van der Waals surface area (Å²) in [6, 6.07) is 3.94. The molecular formula is C18H28N2O2S. The molecule has 1 unspecified atom stereocenters. The highest BCUT2D eigenvalue weighted by Crippen LogP contribution is 2.25. The van der Waals surface area contributed by atoms with Crippen LogP contribution in [0.3, 0.4) is 0 Å². The number of rotatable bonds is 8. The van der Waals surface area contributed by atoms with E-state index in [1.807, 2.05) is 12.1 Å². The number of aromatic nitrogens is 1. The van der Waals surface area contributed by atoms with Gasteiger partial charge in [0, 0.05) is 23.9 Å². The minimum Gasteiger partial charge on any atom is -0.468 e. The number of thiazole rings is 1. The Kier molecular flexibility index (Phi) is 6.39. The molecule has 2 aromatic heterocycles. The van der Waals surface area contributed by atoms with Gasteiger partial charge in [-0.25, -0.2) is 4.98 Å². The SMILES string of the molecule is CC(C)COCC(NCc1csc(C(C)(C)C)n1)c1ccco1. The molecule has 0 aliphatic rings. The van der Waals surface area contributed by atoms with Gasteiger partial charge in [-0.3, -0.25) is 5.32 Å². The second-order valence-corrected chi connectivity index (χ2v) is 8.13. The summed E-state index contributed by atoms with van der Waals surface area (Å²) in [5.74, 6) is 1.43. The summed E-state index contributed by atoms with van der Waals surface area (Å²) < 4.78 is 11.3. The third-order valence-corrected chi connectivity index (χ3v) is 4.66. The van der Waals surface area contributed by atoms with Gasteiger partial charge in [-0.2, -0.15) is 0 Å². The third-order valence-electron chi connectivity index (χ3n) is 3.35. The Bertz CT molecular complexity index is 570. The molecule has 0 saturated carbocycles. The molecule has 0 saturated heterocycles. The van der Waals surface area contributed by atoms with E-state index >= 15 is 0 Å². The molecule has 0 aliphatic heterocycles. The van der Waals surface area contributed by atoms with Crippen LogP contribution in [0.15, 0.2) is 28.2 Å². The fourth-order valence-electron chi connectivity index (χ4n) is 2.11. The average molecular weight is 337 g/mol. The lowest BCUT2D eigenvalue weighted by molar-refractivity contribution is 0.0843. The summed E-state index contributed by atoms with van der Waals surface area (Å²) in [5.41, 5.74) is 1.17. The molecule has 128 valence electrons. The number of hydrogen-bond acceptors (Lipinski definition) is 5. The van der Waals surface area contributed by atoms with E-state index in [0.717, 1.165) is 18.1 Å². The van der Waals surface area contributed by atoms with Crippen molar-refractivity contribution in [2.45, 2.75) is 52.6 Å². The zero-order chi connectivity index (χ0) is 16.9. The Morgan fingerprint density at radius 2 is 2.09 bits per heavy atom. The summed E-state index contributed by atoms with van der Waals surface area (Å²) in [7, 11) is 0. The van der Waals surface area contributed by atoms with Crippen LogP contribution in [-0.4, -0.2) is 18.2 Å². The van der Waals surface area contributed by atoms with Gasteiger partial charge in [0.2, 0.25) is 0 Å². The molecule has 4 nitrogen and oxygen atoms in total. The molecule has 5 heteroatoms. The predicted molar refractivity (Wildman–Crippen MR) is 94.8 cm³/mol. The molecule has 0 fully saturated rings. The summed E-state index contributed by atoms with van der Waals surface area (Å²) in [5, 5.41) is 6.80. The Morgan fingerprint density at radius 3 is 2.65 bits per heavy atom. The summed E-state index contributed by atoms with van der Waals surface area (Å²) >= 11 is 1.72. The van der Waals surface area contributed by atoms with Gasteiger partial charge in [0.25, 0.3) is 0 Å². The van der Waals surface area contributed by atoms with E-state index in [-0.39, 0.29) is 11.5 Å². The molecule has 0 aliphatic carbocycles. The molecule has 1 atom stereocenters. The second kappa shape index (κ2) is 8.08. The van der Waals surface area contributed by atoms with Gasteiger partial charge in [-0.1, -0.05) is 34.6 Å². The lowest BCUT2D eigenvalue weighted by Crippen LogP contribution is -2.26. The minimum atomic E-state index is 0.0449. The zero-order valence-electron chi connectivity index (χ0n) is 14.8. The van der Waals surface area contributed by atoms with Gasteiger partial charge >= 0.3 is 0 Å². The summed E-state index contributed by atoms with van der Waals surface area (Å²) in [4.78, 5) is 4.73. The topological polar surface area (TPSA) is 47.3 Å². The van der Waals surface area contributed by atoms with Crippen molar-refractivity contribution >= 4 is 11.3 Å². The first kappa shape index (κ1) is 18.2. The van der Waals surface area contributed by atoms with Crippen LogP contribution in [0.5, 0.6) is 0 Å². The Morgan fingerprint density at radius 1 is 1.30 bits per heavy atom. The quantitative estimate of drug-likeness (QED) is 0.769. The molecule has 0 spiro atoms. The first-order valence-corrected chi connectivity index (χ1v) is 9.03. The molecule has 1 N–H and O–H groups in total. The van der Waals surface area contributed by atoms with Crippen molar-refractivity contribution in [1.29, 1.82) is 0 Å². The van der Waals surface area contributed by atoms with Crippen LogP contribution in [0.1, 0.15) is 57.1 Å². The Balaban J connectivity index is 1.94. The van der Waals surface area contributed by atoms with Crippen LogP contribution < -0.4 is 5.32 Å². The maximum absolute atomic E-state index is 5.79. The highest BCUT2D eigenvalue weighted by Gasteiger charge is 2.19. The van der Waals surface area contributed by atoms with Gasteiger partial charge in [0.15, 0.2) is 0 Å². The standard InChI is InChI=1S/C18H28N2O2S/c1-13(2)10-21-11-15(16-7-6-8-22-16)19-9-14-12-23-17(20-14)18(3,4)5/h6-8,12-13,15,19H,9-11H2,1-5H3. The van der Waals surface area contributed by atoms with Crippen LogP contribution in [0.4, 0.5) is 0 Å². The monoisotopic (exact) mass is 336 g/mol. The van der Waals surface area contributed by atoms with Crippen LogP contribution >= 0.6 is 11.3 Å². The average Bonchev–Trinajstić information content (AvgIpc) is 3.12. The van der Waals surface area contributed by atoms with Gasteiger partial charge in [0.05, 0.1) is 29.6 Å². The molecule has 2 heterocycles. The Labute approximate surface area is 143 Å². The van der Waals surface area contributed by atoms with E-state index in [1.165, 1.54) is 5.01 Å². The first-order valence-electron chi connectivity index (χ1n) is 8.15. The normalized spacial score (nSPS) is 13.7. The molecule has 0 bridgehead atoms. The van der Waals surface area contributed by atoms with E-state index in [0.29, 0.717) is 19.1 Å². The van der Waals surface area contributed by atoms with Crippen molar-refractivity contribution in [3.05, 3.63) is 40.2 Å². The zero-order valence-corrected chi connectivity index (χ0v) is 15.6. The number of furan rings is 1. The van der Waals surface area contributed by atoms with Crippen LogP contribution in [0, 0.1) is 5.92 Å². The van der Waals surface area contributed by atoms with E-state index in [2.05, 4.69) is 45.3 Å². The molecular weight excluding hydrogens is 308 g/mol. The number of nitrogens with zero attached hydrogens (tertiary/aromatic N) is 1. The van der Waals surface area contributed by atoms with Gasteiger partial charge in [0.1, 0.15) is 5.76 Å². The first-order chi connectivity index (χ1) is 10.9. The predicted octanol–water partition coefficient (Wildman–Crippen LogP) is 4.54. The van der Waals surface area contributed by atoms with Crippen molar-refractivity contribution in [3.8, 4) is 0 Å². The maximum atomic E-state index is 5.79. The molecule has 0 amide bonds. The van der Waals surface area contributed by atoms with Gasteiger partial charge in [-0.15, -0.1) is 11.3 Å². The fraction of sp³-hybridized carbons (Fsp3) is 0.611. The van der Waals surface area contributed by atoms with Gasteiger partial charge < -0.3 is 9.15 Å². The second-order valence-electron chi connectivity index (χ2n) is 7.27. The molecule has 0 aromatic carbocycles. The maximum Gasteiger partial charge on any atom is 0.123 e. The lowest BCUT2D eigenvalue weighted by atomic mass is 9.98. The number of hydrogen-bond donors (Lipinski definition) is 1. The van der Waals surface area contributed by atoms with Crippen LogP contribution in [0.25, 0.3) is 0 Å². The third kappa shape index (κ3) is 5.75. The van der Waals surface area contributed by atoms with Crippen molar-refractivity contribution in [2.24, 2.45) is 5.92 Å². The van der Waals surface area contributed by atoms with E-state index < -0.39 is 0 Å². The van der Waals surface area contributed by atoms with E-state index in [1.54, 1.807) is 17.6 Å². The number of nitrogens with one attached hydrogen (secondary N) is 1. The van der Waals surface area contributed by atoms with Crippen LogP contribution in [-0.2, 0) is 16.7 Å². The van der Waals surface area contributed by atoms with Crippen molar-refractivity contribution < 1.29 is 9.15 Å². The largest absolute Gasteiger partial charge is 0.468 e.